The Morgan fingerprint density at radius 1 is 1.10 bits per heavy atom. The van der Waals surface area contributed by atoms with Gasteiger partial charge in [-0.1, -0.05) is 54.6 Å². The Morgan fingerprint density at radius 2 is 1.76 bits per heavy atom. The number of hydrogen-bond donors (Lipinski definition) is 1. The second kappa shape index (κ2) is 6.08. The van der Waals surface area contributed by atoms with Crippen molar-refractivity contribution in [3.63, 3.8) is 0 Å². The van der Waals surface area contributed by atoms with Crippen LogP contribution in [-0.2, 0) is 29.2 Å². The van der Waals surface area contributed by atoms with Gasteiger partial charge < -0.3 is 5.73 Å². The molecule has 2 aromatic carbocycles. The minimum atomic E-state index is -0.585. The zero-order valence-corrected chi connectivity index (χ0v) is 11.7. The summed E-state index contributed by atoms with van der Waals surface area (Å²) in [6, 6.07) is 17.2. The lowest BCUT2D eigenvalue weighted by atomic mass is 10.0. The summed E-state index contributed by atoms with van der Waals surface area (Å²) < 4.78 is 0. The van der Waals surface area contributed by atoms with Gasteiger partial charge in [0.15, 0.2) is 0 Å². The highest BCUT2D eigenvalue weighted by molar-refractivity contribution is 5.81. The van der Waals surface area contributed by atoms with Crippen molar-refractivity contribution in [2.45, 2.75) is 25.6 Å². The van der Waals surface area contributed by atoms with Crippen LogP contribution in [0.15, 0.2) is 54.6 Å². The van der Waals surface area contributed by atoms with Crippen molar-refractivity contribution >= 4 is 5.91 Å². The molecular weight excluding hydrogens is 264 g/mol. The normalized spacial score (nSPS) is 15.4. The first kappa shape index (κ1) is 13.8. The van der Waals surface area contributed by atoms with Crippen molar-refractivity contribution in [1.82, 2.24) is 5.06 Å². The Bertz CT molecular complexity index is 628. The van der Waals surface area contributed by atoms with Crippen LogP contribution in [-0.4, -0.2) is 17.0 Å². The fraction of sp³-hybridized carbons (Fsp3) is 0.235. The average Bonchev–Trinajstić information content (AvgIpc) is 2.54. The number of fused-ring (bicyclic) bond motifs is 1. The highest BCUT2D eigenvalue weighted by Gasteiger charge is 2.26. The molecule has 0 aliphatic carbocycles. The van der Waals surface area contributed by atoms with E-state index in [4.69, 9.17) is 10.6 Å². The molecule has 108 valence electrons. The van der Waals surface area contributed by atoms with Crippen molar-refractivity contribution in [3.05, 3.63) is 71.3 Å². The van der Waals surface area contributed by atoms with E-state index in [1.807, 2.05) is 54.6 Å². The topological polar surface area (TPSA) is 55.6 Å². The van der Waals surface area contributed by atoms with Crippen LogP contribution in [0.4, 0.5) is 0 Å². The van der Waals surface area contributed by atoms with E-state index in [1.165, 1.54) is 5.06 Å². The molecular formula is C17H18N2O2. The van der Waals surface area contributed by atoms with Gasteiger partial charge in [0, 0.05) is 0 Å². The SMILES string of the molecule is N[C@@H](Cc1ccccc1)C(=O)N1Cc2ccccc2CO1. The number of hydroxylamine groups is 2. The molecule has 1 amide bonds. The smallest absolute Gasteiger partial charge is 0.263 e. The summed E-state index contributed by atoms with van der Waals surface area (Å²) in [5.74, 6) is -0.173. The van der Waals surface area contributed by atoms with Crippen molar-refractivity contribution in [2.75, 3.05) is 0 Å². The van der Waals surface area contributed by atoms with E-state index in [9.17, 15) is 4.79 Å². The van der Waals surface area contributed by atoms with Crippen molar-refractivity contribution < 1.29 is 9.63 Å². The number of carbonyl (C=O) groups excluding carboxylic acids is 1. The predicted molar refractivity (Wildman–Crippen MR) is 79.9 cm³/mol. The highest BCUT2D eigenvalue weighted by atomic mass is 16.7. The fourth-order valence-corrected chi connectivity index (χ4v) is 2.48. The lowest BCUT2D eigenvalue weighted by molar-refractivity contribution is -0.202. The van der Waals surface area contributed by atoms with Gasteiger partial charge in [0.2, 0.25) is 0 Å². The third kappa shape index (κ3) is 3.12. The predicted octanol–water partition coefficient (Wildman–Crippen LogP) is 2.03. The van der Waals surface area contributed by atoms with Gasteiger partial charge in [-0.25, -0.2) is 5.06 Å². The molecule has 0 spiro atoms. The zero-order valence-electron chi connectivity index (χ0n) is 11.7. The van der Waals surface area contributed by atoms with Crippen LogP contribution in [0, 0.1) is 0 Å². The molecule has 2 aromatic rings. The maximum absolute atomic E-state index is 12.4. The second-order valence-electron chi connectivity index (χ2n) is 5.21. The molecule has 0 aromatic heterocycles. The molecule has 1 aliphatic rings. The van der Waals surface area contributed by atoms with Crippen molar-refractivity contribution in [1.29, 1.82) is 0 Å². The van der Waals surface area contributed by atoms with Gasteiger partial charge in [-0.2, -0.15) is 0 Å². The van der Waals surface area contributed by atoms with E-state index >= 15 is 0 Å². The number of benzene rings is 2. The van der Waals surface area contributed by atoms with Gasteiger partial charge in [-0.15, -0.1) is 0 Å². The quantitative estimate of drug-likeness (QED) is 0.937. The van der Waals surface area contributed by atoms with Gasteiger partial charge in [-0.05, 0) is 23.1 Å². The Kier molecular flexibility index (Phi) is 3.99. The van der Waals surface area contributed by atoms with Crippen LogP contribution in [0.3, 0.4) is 0 Å². The van der Waals surface area contributed by atoms with Gasteiger partial charge in [-0.3, -0.25) is 9.63 Å². The first-order valence-corrected chi connectivity index (χ1v) is 7.04. The highest BCUT2D eigenvalue weighted by Crippen LogP contribution is 2.20. The van der Waals surface area contributed by atoms with E-state index in [0.717, 1.165) is 16.7 Å². The summed E-state index contributed by atoms with van der Waals surface area (Å²) in [6.45, 7) is 0.872. The molecule has 0 radical (unpaired) electrons. The molecule has 0 bridgehead atoms. The number of nitrogens with two attached hydrogens (primary N) is 1. The summed E-state index contributed by atoms with van der Waals surface area (Å²) in [6.07, 6.45) is 0.515. The first-order valence-electron chi connectivity index (χ1n) is 7.04. The van der Waals surface area contributed by atoms with Crippen LogP contribution in [0.25, 0.3) is 0 Å². The molecule has 4 nitrogen and oxygen atoms in total. The van der Waals surface area contributed by atoms with Crippen LogP contribution in [0.1, 0.15) is 16.7 Å². The van der Waals surface area contributed by atoms with Crippen LogP contribution < -0.4 is 5.73 Å². The van der Waals surface area contributed by atoms with E-state index in [2.05, 4.69) is 0 Å². The van der Waals surface area contributed by atoms with E-state index in [-0.39, 0.29) is 5.91 Å². The first-order chi connectivity index (χ1) is 10.2. The van der Waals surface area contributed by atoms with Crippen molar-refractivity contribution in [2.24, 2.45) is 5.73 Å². The average molecular weight is 282 g/mol. The zero-order chi connectivity index (χ0) is 14.7. The van der Waals surface area contributed by atoms with Gasteiger partial charge in [0.25, 0.3) is 5.91 Å². The lowest BCUT2D eigenvalue weighted by Gasteiger charge is -2.29. The number of rotatable bonds is 3. The Morgan fingerprint density at radius 3 is 2.52 bits per heavy atom. The number of amides is 1. The molecule has 2 N–H and O–H groups in total. The minimum absolute atomic E-state index is 0.173. The van der Waals surface area contributed by atoms with Crippen molar-refractivity contribution in [3.8, 4) is 0 Å². The molecule has 4 heteroatoms. The van der Waals surface area contributed by atoms with E-state index < -0.39 is 6.04 Å². The number of carbonyl (C=O) groups is 1. The van der Waals surface area contributed by atoms with Gasteiger partial charge >= 0.3 is 0 Å². The third-order valence-corrected chi connectivity index (χ3v) is 3.67. The molecule has 3 rings (SSSR count). The fourth-order valence-electron chi connectivity index (χ4n) is 2.48. The monoisotopic (exact) mass is 282 g/mol. The Hall–Kier alpha value is -2.17. The molecule has 1 atom stereocenters. The van der Waals surface area contributed by atoms with E-state index in [1.54, 1.807) is 0 Å². The van der Waals surface area contributed by atoms with Crippen LogP contribution in [0.2, 0.25) is 0 Å². The summed E-state index contributed by atoms with van der Waals surface area (Å²) in [4.78, 5) is 17.9. The van der Waals surface area contributed by atoms with Gasteiger partial charge in [0.1, 0.15) is 6.61 Å². The van der Waals surface area contributed by atoms with Gasteiger partial charge in [0.05, 0.1) is 12.6 Å². The third-order valence-electron chi connectivity index (χ3n) is 3.67. The lowest BCUT2D eigenvalue weighted by Crippen LogP contribution is -2.45. The standard InChI is InChI=1S/C17H18N2O2/c18-16(10-13-6-2-1-3-7-13)17(20)19-11-14-8-4-5-9-15(14)12-21-19/h1-9,16H,10-12,18H2/t16-/m0/s1. The maximum atomic E-state index is 12.4. The second-order valence-corrected chi connectivity index (χ2v) is 5.21. The summed E-state index contributed by atoms with van der Waals surface area (Å²) in [5, 5.41) is 1.38. The molecule has 0 saturated heterocycles. The molecule has 21 heavy (non-hydrogen) atoms. The Balaban J connectivity index is 1.66. The van der Waals surface area contributed by atoms with Crippen LogP contribution in [0.5, 0.6) is 0 Å². The number of nitrogens with zero attached hydrogens (tertiary/aromatic N) is 1. The minimum Gasteiger partial charge on any atom is -0.320 e. The molecule has 1 heterocycles. The molecule has 0 saturated carbocycles. The molecule has 0 unspecified atom stereocenters. The summed E-state index contributed by atoms with van der Waals surface area (Å²) in [5.41, 5.74) is 9.32. The Labute approximate surface area is 124 Å². The largest absolute Gasteiger partial charge is 0.320 e. The maximum Gasteiger partial charge on any atom is 0.263 e. The summed E-state index contributed by atoms with van der Waals surface area (Å²) >= 11 is 0. The molecule has 0 fully saturated rings. The molecule has 1 aliphatic heterocycles. The number of hydrogen-bond acceptors (Lipinski definition) is 3. The summed E-state index contributed by atoms with van der Waals surface area (Å²) in [7, 11) is 0. The van der Waals surface area contributed by atoms with E-state index in [0.29, 0.717) is 19.6 Å². The van der Waals surface area contributed by atoms with Crippen LogP contribution >= 0.6 is 0 Å².